The van der Waals surface area contributed by atoms with Crippen molar-refractivity contribution < 1.29 is 9.84 Å². The zero-order chi connectivity index (χ0) is 13.3. The molecule has 0 aliphatic carbocycles. The predicted molar refractivity (Wildman–Crippen MR) is 65.9 cm³/mol. The molecule has 0 aromatic carbocycles. The first-order valence-electron chi connectivity index (χ1n) is 5.37. The fourth-order valence-electron chi connectivity index (χ4n) is 1.71. The quantitative estimate of drug-likeness (QED) is 0.594. The van der Waals surface area contributed by atoms with E-state index in [2.05, 4.69) is 4.98 Å². The first kappa shape index (κ1) is 13.1. The maximum Gasteiger partial charge on any atom is 0.330 e. The molecule has 0 bridgehead atoms. The van der Waals surface area contributed by atoms with E-state index >= 15 is 0 Å². The van der Waals surface area contributed by atoms with Gasteiger partial charge >= 0.3 is 5.69 Å². The van der Waals surface area contributed by atoms with Crippen LogP contribution in [0.4, 0.5) is 0 Å². The maximum atomic E-state index is 11.7. The minimum absolute atomic E-state index is 0.0770. The van der Waals surface area contributed by atoms with E-state index in [1.807, 2.05) is 0 Å². The number of rotatable bonds is 3. The number of alkyl halides is 1. The Morgan fingerprint density at radius 1 is 1.61 bits per heavy atom. The minimum atomic E-state index is -0.976. The Morgan fingerprint density at radius 3 is 2.89 bits per heavy atom. The number of hydrogen-bond acceptors (Lipinski definition) is 4. The predicted octanol–water partition coefficient (Wildman–Crippen LogP) is -0.100. The standard InChI is InChI=1S/C11H13ClN2O4/c1-7-4-14(10(17)13-9(7)16)8-2-3-11(5-12,6-15)18-8/h2-4,8,15H,5-6H2,1H3,(H,13,16,17)/t8-,11-/m1/s1. The summed E-state index contributed by atoms with van der Waals surface area (Å²) in [6.45, 7) is 1.31. The van der Waals surface area contributed by atoms with Crippen LogP contribution in [0.3, 0.4) is 0 Å². The van der Waals surface area contributed by atoms with Gasteiger partial charge in [-0.2, -0.15) is 0 Å². The SMILES string of the molecule is Cc1cn([C@H]2C=C[C@](CO)(CCl)O2)c(=O)[nH]c1=O. The molecule has 2 rings (SSSR count). The molecular weight excluding hydrogens is 260 g/mol. The van der Waals surface area contributed by atoms with E-state index in [1.165, 1.54) is 10.8 Å². The maximum absolute atomic E-state index is 11.7. The van der Waals surface area contributed by atoms with Crippen molar-refractivity contribution in [3.63, 3.8) is 0 Å². The van der Waals surface area contributed by atoms with E-state index in [4.69, 9.17) is 16.3 Å². The third-order valence-electron chi connectivity index (χ3n) is 2.83. The first-order valence-corrected chi connectivity index (χ1v) is 5.91. The highest BCUT2D eigenvalue weighted by atomic mass is 35.5. The molecule has 0 saturated carbocycles. The van der Waals surface area contributed by atoms with Crippen molar-refractivity contribution in [2.24, 2.45) is 0 Å². The molecule has 0 amide bonds. The van der Waals surface area contributed by atoms with Crippen molar-refractivity contribution in [2.75, 3.05) is 12.5 Å². The van der Waals surface area contributed by atoms with Gasteiger partial charge in [-0.05, 0) is 19.1 Å². The van der Waals surface area contributed by atoms with Crippen LogP contribution in [-0.4, -0.2) is 32.7 Å². The lowest BCUT2D eigenvalue weighted by atomic mass is 10.1. The van der Waals surface area contributed by atoms with Gasteiger partial charge in [0.2, 0.25) is 0 Å². The Labute approximate surface area is 107 Å². The smallest absolute Gasteiger partial charge is 0.330 e. The molecule has 0 radical (unpaired) electrons. The molecule has 0 unspecified atom stereocenters. The molecule has 1 aliphatic heterocycles. The van der Waals surface area contributed by atoms with Gasteiger partial charge in [0.15, 0.2) is 6.23 Å². The third kappa shape index (κ3) is 2.14. The highest BCUT2D eigenvalue weighted by Gasteiger charge is 2.35. The van der Waals surface area contributed by atoms with Crippen molar-refractivity contribution >= 4 is 11.6 Å². The monoisotopic (exact) mass is 272 g/mol. The van der Waals surface area contributed by atoms with Crippen LogP contribution in [0.5, 0.6) is 0 Å². The molecule has 98 valence electrons. The van der Waals surface area contributed by atoms with Gasteiger partial charge in [0.05, 0.1) is 12.5 Å². The number of aryl methyl sites for hydroxylation is 1. The van der Waals surface area contributed by atoms with Gasteiger partial charge in [-0.15, -0.1) is 11.6 Å². The van der Waals surface area contributed by atoms with E-state index in [9.17, 15) is 14.7 Å². The Balaban J connectivity index is 2.37. The normalized spacial score (nSPS) is 26.7. The number of H-pyrrole nitrogens is 1. The van der Waals surface area contributed by atoms with E-state index < -0.39 is 23.1 Å². The number of nitrogens with one attached hydrogen (secondary N) is 1. The summed E-state index contributed by atoms with van der Waals surface area (Å²) in [4.78, 5) is 25.1. The topological polar surface area (TPSA) is 84.3 Å². The van der Waals surface area contributed by atoms with Crippen LogP contribution in [0.25, 0.3) is 0 Å². The fraction of sp³-hybridized carbons (Fsp3) is 0.455. The zero-order valence-electron chi connectivity index (χ0n) is 9.72. The van der Waals surface area contributed by atoms with E-state index in [1.54, 1.807) is 19.1 Å². The van der Waals surface area contributed by atoms with Gasteiger partial charge < -0.3 is 9.84 Å². The summed E-state index contributed by atoms with van der Waals surface area (Å²) < 4.78 is 6.80. The van der Waals surface area contributed by atoms with E-state index in [-0.39, 0.29) is 12.5 Å². The summed E-state index contributed by atoms with van der Waals surface area (Å²) in [5.74, 6) is 0.0770. The molecule has 6 nitrogen and oxygen atoms in total. The lowest BCUT2D eigenvalue weighted by Crippen LogP contribution is -2.38. The summed E-state index contributed by atoms with van der Waals surface area (Å²) >= 11 is 5.73. The summed E-state index contributed by atoms with van der Waals surface area (Å²) in [6, 6.07) is 0. The van der Waals surface area contributed by atoms with Crippen LogP contribution in [-0.2, 0) is 4.74 Å². The van der Waals surface area contributed by atoms with Gasteiger partial charge in [0, 0.05) is 11.8 Å². The largest absolute Gasteiger partial charge is 0.393 e. The van der Waals surface area contributed by atoms with Gasteiger partial charge in [-0.1, -0.05) is 0 Å². The Bertz CT molecular complexity index is 585. The van der Waals surface area contributed by atoms with E-state index in [0.717, 1.165) is 0 Å². The van der Waals surface area contributed by atoms with Crippen LogP contribution < -0.4 is 11.2 Å². The second-order valence-corrected chi connectivity index (χ2v) is 4.47. The molecule has 18 heavy (non-hydrogen) atoms. The molecule has 2 heterocycles. The lowest BCUT2D eigenvalue weighted by Gasteiger charge is -2.24. The van der Waals surface area contributed by atoms with Crippen LogP contribution in [0.15, 0.2) is 27.9 Å². The molecule has 1 aromatic heterocycles. The molecule has 2 N–H and O–H groups in total. The second-order valence-electron chi connectivity index (χ2n) is 4.20. The van der Waals surface area contributed by atoms with Gasteiger partial charge in [0.25, 0.3) is 5.56 Å². The van der Waals surface area contributed by atoms with Crippen molar-refractivity contribution in [1.29, 1.82) is 0 Å². The minimum Gasteiger partial charge on any atom is -0.393 e. The van der Waals surface area contributed by atoms with Crippen LogP contribution in [0, 0.1) is 6.92 Å². The van der Waals surface area contributed by atoms with Crippen molar-refractivity contribution in [3.05, 3.63) is 44.8 Å². The number of aromatic amines is 1. The van der Waals surface area contributed by atoms with Gasteiger partial charge in [-0.3, -0.25) is 14.3 Å². The van der Waals surface area contributed by atoms with Crippen molar-refractivity contribution in [2.45, 2.75) is 18.8 Å². The number of nitrogens with zero attached hydrogens (tertiary/aromatic N) is 1. The summed E-state index contributed by atoms with van der Waals surface area (Å²) in [6.07, 6.45) is 3.98. The molecule has 2 atom stereocenters. The highest BCUT2D eigenvalue weighted by molar-refractivity contribution is 6.18. The average Bonchev–Trinajstić information content (AvgIpc) is 2.79. The number of aromatic nitrogens is 2. The summed E-state index contributed by atoms with van der Waals surface area (Å²) in [7, 11) is 0. The number of aliphatic hydroxyl groups excluding tert-OH is 1. The Morgan fingerprint density at radius 2 is 2.33 bits per heavy atom. The summed E-state index contributed by atoms with van der Waals surface area (Å²) in [5, 5.41) is 9.24. The number of ether oxygens (including phenoxy) is 1. The molecule has 0 spiro atoms. The van der Waals surface area contributed by atoms with Crippen LogP contribution in [0.1, 0.15) is 11.8 Å². The zero-order valence-corrected chi connectivity index (χ0v) is 10.5. The number of halogens is 1. The first-order chi connectivity index (χ1) is 8.51. The molecule has 1 aromatic rings. The lowest BCUT2D eigenvalue weighted by molar-refractivity contribution is -0.0709. The van der Waals surface area contributed by atoms with Crippen LogP contribution in [0.2, 0.25) is 0 Å². The fourth-order valence-corrected chi connectivity index (χ4v) is 1.95. The average molecular weight is 273 g/mol. The Hall–Kier alpha value is -1.37. The molecule has 0 saturated heterocycles. The second kappa shape index (κ2) is 4.72. The number of aliphatic hydroxyl groups is 1. The van der Waals surface area contributed by atoms with E-state index in [0.29, 0.717) is 5.56 Å². The molecule has 0 fully saturated rings. The van der Waals surface area contributed by atoms with Gasteiger partial charge in [0.1, 0.15) is 5.60 Å². The Kier molecular flexibility index (Phi) is 3.43. The molecular formula is C11H13ClN2O4. The van der Waals surface area contributed by atoms with Crippen molar-refractivity contribution in [3.8, 4) is 0 Å². The molecule has 1 aliphatic rings. The third-order valence-corrected chi connectivity index (χ3v) is 3.29. The number of hydrogen-bond donors (Lipinski definition) is 2. The van der Waals surface area contributed by atoms with Gasteiger partial charge in [-0.25, -0.2) is 4.79 Å². The van der Waals surface area contributed by atoms with Crippen molar-refractivity contribution in [1.82, 2.24) is 9.55 Å². The summed E-state index contributed by atoms with van der Waals surface area (Å²) in [5.41, 5.74) is -1.57. The van der Waals surface area contributed by atoms with Crippen LogP contribution >= 0.6 is 11.6 Å². The highest BCUT2D eigenvalue weighted by Crippen LogP contribution is 2.29. The molecule has 7 heteroatoms.